The van der Waals surface area contributed by atoms with Crippen molar-refractivity contribution in [3.8, 4) is 0 Å². The molecule has 1 atom stereocenters. The zero-order chi connectivity index (χ0) is 21.1. The fourth-order valence-corrected chi connectivity index (χ4v) is 4.99. The molecule has 1 aliphatic carbocycles. The average Bonchev–Trinajstić information content (AvgIpc) is 3.26. The van der Waals surface area contributed by atoms with Crippen LogP contribution < -0.4 is 10.9 Å². The van der Waals surface area contributed by atoms with Crippen molar-refractivity contribution in [1.29, 1.82) is 0 Å². The maximum Gasteiger partial charge on any atom is 0.253 e. The first-order chi connectivity index (χ1) is 14.5. The van der Waals surface area contributed by atoms with Gasteiger partial charge in [0.2, 0.25) is 0 Å². The molecule has 0 bridgehead atoms. The van der Waals surface area contributed by atoms with E-state index in [0.717, 1.165) is 60.4 Å². The number of hydrogen-bond acceptors (Lipinski definition) is 3. The van der Waals surface area contributed by atoms with E-state index < -0.39 is 0 Å². The van der Waals surface area contributed by atoms with Crippen molar-refractivity contribution in [1.82, 2.24) is 15.2 Å². The molecule has 6 heteroatoms. The van der Waals surface area contributed by atoms with Crippen molar-refractivity contribution in [2.75, 3.05) is 13.2 Å². The number of hydrogen-bond donors (Lipinski definition) is 2. The predicted octanol–water partition coefficient (Wildman–Crippen LogP) is 4.33. The Balaban J connectivity index is 1.57. The van der Waals surface area contributed by atoms with E-state index in [-0.39, 0.29) is 11.7 Å². The lowest BCUT2D eigenvalue weighted by Gasteiger charge is -2.36. The summed E-state index contributed by atoms with van der Waals surface area (Å²) >= 11 is 5.81. The van der Waals surface area contributed by atoms with Crippen LogP contribution in [0.5, 0.6) is 0 Å². The molecule has 1 aromatic heterocycles. The Hall–Kier alpha value is -1.92. The van der Waals surface area contributed by atoms with Crippen molar-refractivity contribution < 1.29 is 4.74 Å². The van der Waals surface area contributed by atoms with Crippen LogP contribution in [0.2, 0.25) is 0 Å². The number of aromatic nitrogens is 1. The summed E-state index contributed by atoms with van der Waals surface area (Å²) in [4.78, 5) is 18.2. The van der Waals surface area contributed by atoms with E-state index in [9.17, 15) is 4.79 Å². The van der Waals surface area contributed by atoms with Crippen LogP contribution in [0.3, 0.4) is 0 Å². The molecule has 2 heterocycles. The van der Waals surface area contributed by atoms with Gasteiger partial charge in [0, 0.05) is 30.3 Å². The molecule has 0 spiro atoms. The molecule has 2 fully saturated rings. The van der Waals surface area contributed by atoms with Gasteiger partial charge in [-0.2, -0.15) is 0 Å². The Morgan fingerprint density at radius 1 is 1.13 bits per heavy atom. The minimum Gasteiger partial charge on any atom is -0.376 e. The standard InChI is InChI=1S/C24H33N3O2S/c1-16-11-18-13-19(23(28)26-22(18)12-17(16)2)15-27(20-7-4-3-5-8-20)24(30)25-14-21-9-6-10-29-21/h11-13,20-21H,3-10,14-15H2,1-2H3,(H,25,30)(H,26,28)/t21-/m0/s1. The highest BCUT2D eigenvalue weighted by atomic mass is 32.1. The molecule has 2 aromatic rings. The summed E-state index contributed by atoms with van der Waals surface area (Å²) in [6.07, 6.45) is 8.45. The Labute approximate surface area is 184 Å². The van der Waals surface area contributed by atoms with Gasteiger partial charge in [-0.25, -0.2) is 0 Å². The highest BCUT2D eigenvalue weighted by Gasteiger charge is 2.25. The molecular formula is C24H33N3O2S. The zero-order valence-electron chi connectivity index (χ0n) is 18.1. The second-order valence-electron chi connectivity index (χ2n) is 8.89. The minimum atomic E-state index is -0.0199. The molecule has 1 aliphatic heterocycles. The zero-order valence-corrected chi connectivity index (χ0v) is 18.9. The van der Waals surface area contributed by atoms with Gasteiger partial charge in [0.15, 0.2) is 5.11 Å². The lowest BCUT2D eigenvalue weighted by Crippen LogP contribution is -2.48. The van der Waals surface area contributed by atoms with Gasteiger partial charge in [-0.1, -0.05) is 19.3 Å². The van der Waals surface area contributed by atoms with Gasteiger partial charge in [0.25, 0.3) is 5.56 Å². The number of benzene rings is 1. The molecule has 0 radical (unpaired) electrons. The van der Waals surface area contributed by atoms with Crippen LogP contribution in [0.15, 0.2) is 23.0 Å². The summed E-state index contributed by atoms with van der Waals surface area (Å²) in [5, 5.41) is 5.26. The molecule has 2 N–H and O–H groups in total. The summed E-state index contributed by atoms with van der Waals surface area (Å²) in [5.74, 6) is 0. The van der Waals surface area contributed by atoms with Crippen molar-refractivity contribution in [3.05, 3.63) is 45.2 Å². The number of aromatic amines is 1. The van der Waals surface area contributed by atoms with E-state index in [4.69, 9.17) is 17.0 Å². The van der Waals surface area contributed by atoms with Crippen LogP contribution in [0, 0.1) is 13.8 Å². The number of nitrogens with zero attached hydrogens (tertiary/aromatic N) is 1. The van der Waals surface area contributed by atoms with Crippen molar-refractivity contribution >= 4 is 28.2 Å². The number of fused-ring (bicyclic) bond motifs is 1. The second kappa shape index (κ2) is 9.48. The molecule has 5 nitrogen and oxygen atoms in total. The second-order valence-corrected chi connectivity index (χ2v) is 9.27. The Kier molecular flexibility index (Phi) is 6.74. The molecular weight excluding hydrogens is 394 g/mol. The van der Waals surface area contributed by atoms with Gasteiger partial charge in [-0.15, -0.1) is 0 Å². The average molecular weight is 428 g/mol. The summed E-state index contributed by atoms with van der Waals surface area (Å²) in [5.41, 5.74) is 4.08. The van der Waals surface area contributed by atoms with Gasteiger partial charge in [0.05, 0.1) is 12.6 Å². The SMILES string of the molecule is Cc1cc2cc(CN(C(=S)NC[C@@H]3CCCO3)C3CCCCC3)c(=O)[nH]c2cc1C. The number of aryl methyl sites for hydroxylation is 2. The molecule has 30 heavy (non-hydrogen) atoms. The maximum atomic E-state index is 12.9. The molecule has 1 saturated heterocycles. The van der Waals surface area contributed by atoms with Gasteiger partial charge in [0.1, 0.15) is 0 Å². The summed E-state index contributed by atoms with van der Waals surface area (Å²) in [6.45, 7) is 6.31. The number of ether oxygens (including phenoxy) is 1. The third-order valence-corrected chi connectivity index (χ3v) is 7.04. The van der Waals surface area contributed by atoms with Crippen LogP contribution >= 0.6 is 12.2 Å². The van der Waals surface area contributed by atoms with Crippen molar-refractivity contribution in [2.24, 2.45) is 0 Å². The van der Waals surface area contributed by atoms with Crippen LogP contribution in [-0.4, -0.2) is 40.3 Å². The van der Waals surface area contributed by atoms with Crippen LogP contribution in [0.4, 0.5) is 0 Å². The molecule has 4 rings (SSSR count). The normalized spacial score (nSPS) is 19.9. The van der Waals surface area contributed by atoms with Crippen molar-refractivity contribution in [3.63, 3.8) is 0 Å². The molecule has 1 saturated carbocycles. The molecule has 0 unspecified atom stereocenters. The minimum absolute atomic E-state index is 0.0199. The van der Waals surface area contributed by atoms with E-state index in [0.29, 0.717) is 12.6 Å². The fourth-order valence-electron chi connectivity index (χ4n) is 4.69. The first kappa shape index (κ1) is 21.3. The van der Waals surface area contributed by atoms with Crippen LogP contribution in [0.1, 0.15) is 61.6 Å². The van der Waals surface area contributed by atoms with E-state index in [1.54, 1.807) is 0 Å². The molecule has 0 amide bonds. The predicted molar refractivity (Wildman–Crippen MR) is 126 cm³/mol. The highest BCUT2D eigenvalue weighted by molar-refractivity contribution is 7.80. The number of rotatable bonds is 5. The van der Waals surface area contributed by atoms with E-state index in [2.05, 4.69) is 41.2 Å². The van der Waals surface area contributed by atoms with Crippen molar-refractivity contribution in [2.45, 2.75) is 77.5 Å². The van der Waals surface area contributed by atoms with E-state index in [1.807, 2.05) is 6.07 Å². The number of H-pyrrole nitrogens is 1. The first-order valence-electron chi connectivity index (χ1n) is 11.3. The maximum absolute atomic E-state index is 12.9. The summed E-state index contributed by atoms with van der Waals surface area (Å²) < 4.78 is 5.74. The van der Waals surface area contributed by atoms with E-state index in [1.165, 1.54) is 30.4 Å². The Bertz CT molecular complexity index is 959. The quantitative estimate of drug-likeness (QED) is 0.696. The summed E-state index contributed by atoms with van der Waals surface area (Å²) in [7, 11) is 0. The number of nitrogens with one attached hydrogen (secondary N) is 2. The molecule has 1 aromatic carbocycles. The monoisotopic (exact) mass is 427 g/mol. The number of thiocarbonyl (C=S) groups is 1. The third-order valence-electron chi connectivity index (χ3n) is 6.66. The van der Waals surface area contributed by atoms with E-state index >= 15 is 0 Å². The lowest BCUT2D eigenvalue weighted by molar-refractivity contribution is 0.112. The Morgan fingerprint density at radius 2 is 1.90 bits per heavy atom. The summed E-state index contributed by atoms with van der Waals surface area (Å²) in [6, 6.07) is 6.64. The van der Waals surface area contributed by atoms with Gasteiger partial charge in [-0.3, -0.25) is 4.79 Å². The van der Waals surface area contributed by atoms with Crippen LogP contribution in [0.25, 0.3) is 10.9 Å². The molecule has 162 valence electrons. The van der Waals surface area contributed by atoms with Crippen LogP contribution in [-0.2, 0) is 11.3 Å². The lowest BCUT2D eigenvalue weighted by atomic mass is 9.94. The first-order valence-corrected chi connectivity index (χ1v) is 11.7. The van der Waals surface area contributed by atoms with Gasteiger partial charge >= 0.3 is 0 Å². The topological polar surface area (TPSA) is 57.4 Å². The molecule has 2 aliphatic rings. The fraction of sp³-hybridized carbons (Fsp3) is 0.583. The van der Waals surface area contributed by atoms with Gasteiger partial charge < -0.3 is 19.9 Å². The van der Waals surface area contributed by atoms with Gasteiger partial charge in [-0.05, 0) is 86.5 Å². The third kappa shape index (κ3) is 4.86. The largest absolute Gasteiger partial charge is 0.376 e. The number of pyridine rings is 1. The highest BCUT2D eigenvalue weighted by Crippen LogP contribution is 2.25. The Morgan fingerprint density at radius 3 is 2.63 bits per heavy atom. The smallest absolute Gasteiger partial charge is 0.253 e.